The molecule has 0 unspecified atom stereocenters. The van der Waals surface area contributed by atoms with Gasteiger partial charge in [0, 0.05) is 32.1 Å². The minimum atomic E-state index is -3.12. The summed E-state index contributed by atoms with van der Waals surface area (Å²) in [5.74, 6) is 0. The van der Waals surface area contributed by atoms with Crippen molar-refractivity contribution in [2.75, 3.05) is 31.4 Å². The fourth-order valence-corrected chi connectivity index (χ4v) is 2.34. The van der Waals surface area contributed by atoms with Crippen molar-refractivity contribution in [2.24, 2.45) is 0 Å². The van der Waals surface area contributed by atoms with Crippen LogP contribution >= 0.6 is 0 Å². The highest BCUT2D eigenvalue weighted by molar-refractivity contribution is 7.90. The number of unbranched alkanes of at least 4 members (excludes halogenated alkanes) is 2. The van der Waals surface area contributed by atoms with E-state index in [9.17, 15) is 8.42 Å². The summed E-state index contributed by atoms with van der Waals surface area (Å²) in [5, 5.41) is 8.68. The maximum Gasteiger partial charge on any atom is 0.175 e. The second-order valence-corrected chi connectivity index (χ2v) is 6.49. The number of rotatable bonds is 7. The van der Waals surface area contributed by atoms with E-state index in [4.69, 9.17) is 5.11 Å². The van der Waals surface area contributed by atoms with Crippen LogP contribution in [0.5, 0.6) is 0 Å². The first-order chi connectivity index (χ1) is 8.45. The number of aliphatic hydroxyl groups excluding tert-OH is 1. The highest BCUT2D eigenvalue weighted by atomic mass is 32.2. The lowest BCUT2D eigenvalue weighted by Crippen LogP contribution is -2.18. The lowest BCUT2D eigenvalue weighted by molar-refractivity contribution is 0.283. The topological polar surface area (TPSA) is 57.6 Å². The number of sulfone groups is 1. The van der Waals surface area contributed by atoms with Gasteiger partial charge in [-0.3, -0.25) is 0 Å². The molecule has 1 aromatic rings. The van der Waals surface area contributed by atoms with Crippen molar-refractivity contribution in [2.45, 2.75) is 24.2 Å². The van der Waals surface area contributed by atoms with Crippen LogP contribution in [0.2, 0.25) is 0 Å². The zero-order valence-electron chi connectivity index (χ0n) is 11.0. The molecule has 102 valence electrons. The molecule has 1 N–H and O–H groups in total. The van der Waals surface area contributed by atoms with Gasteiger partial charge in [-0.25, -0.2) is 8.42 Å². The number of nitrogens with zero attached hydrogens (tertiary/aromatic N) is 1. The van der Waals surface area contributed by atoms with Crippen LogP contribution in [0.3, 0.4) is 0 Å². The Kier molecular flexibility index (Phi) is 5.62. The molecule has 4 nitrogen and oxygen atoms in total. The van der Waals surface area contributed by atoms with Crippen molar-refractivity contribution in [1.29, 1.82) is 0 Å². The number of benzene rings is 1. The monoisotopic (exact) mass is 271 g/mol. The normalized spacial score (nSPS) is 11.5. The molecular weight excluding hydrogens is 250 g/mol. The zero-order valence-corrected chi connectivity index (χ0v) is 11.8. The Morgan fingerprint density at radius 3 is 2.22 bits per heavy atom. The van der Waals surface area contributed by atoms with Gasteiger partial charge >= 0.3 is 0 Å². The number of hydrogen-bond donors (Lipinski definition) is 1. The highest BCUT2D eigenvalue weighted by Gasteiger charge is 2.07. The van der Waals surface area contributed by atoms with Crippen LogP contribution in [-0.4, -0.2) is 40.0 Å². The molecule has 0 aliphatic carbocycles. The van der Waals surface area contributed by atoms with Crippen LogP contribution in [0.1, 0.15) is 19.3 Å². The Morgan fingerprint density at radius 1 is 1.11 bits per heavy atom. The van der Waals surface area contributed by atoms with E-state index in [2.05, 4.69) is 4.90 Å². The fraction of sp³-hybridized carbons (Fsp3) is 0.538. The minimum absolute atomic E-state index is 0.243. The van der Waals surface area contributed by atoms with Crippen LogP contribution < -0.4 is 4.90 Å². The van der Waals surface area contributed by atoms with Gasteiger partial charge in [0.15, 0.2) is 9.84 Å². The average molecular weight is 271 g/mol. The average Bonchev–Trinajstić information content (AvgIpc) is 2.33. The molecule has 5 heteroatoms. The second kappa shape index (κ2) is 6.75. The first-order valence-corrected chi connectivity index (χ1v) is 7.96. The van der Waals surface area contributed by atoms with Crippen molar-refractivity contribution < 1.29 is 13.5 Å². The molecule has 0 bridgehead atoms. The van der Waals surface area contributed by atoms with Gasteiger partial charge in [-0.05, 0) is 43.5 Å². The van der Waals surface area contributed by atoms with Gasteiger partial charge in [0.25, 0.3) is 0 Å². The van der Waals surface area contributed by atoms with Crippen molar-refractivity contribution in [3.05, 3.63) is 24.3 Å². The van der Waals surface area contributed by atoms with Crippen LogP contribution in [0, 0.1) is 0 Å². The van der Waals surface area contributed by atoms with Crippen molar-refractivity contribution in [3.8, 4) is 0 Å². The fourth-order valence-electron chi connectivity index (χ4n) is 1.71. The largest absolute Gasteiger partial charge is 0.396 e. The molecule has 0 fully saturated rings. The van der Waals surface area contributed by atoms with Gasteiger partial charge < -0.3 is 10.0 Å². The summed E-state index contributed by atoms with van der Waals surface area (Å²) in [6, 6.07) is 6.91. The van der Waals surface area contributed by atoms with Crippen LogP contribution in [0.25, 0.3) is 0 Å². The molecule has 1 rings (SSSR count). The third-order valence-electron chi connectivity index (χ3n) is 2.86. The molecule has 0 aromatic heterocycles. The predicted molar refractivity (Wildman–Crippen MR) is 73.8 cm³/mol. The van der Waals surface area contributed by atoms with Gasteiger partial charge in [0.05, 0.1) is 4.90 Å². The van der Waals surface area contributed by atoms with E-state index < -0.39 is 9.84 Å². The summed E-state index contributed by atoms with van der Waals surface area (Å²) in [6.45, 7) is 1.14. The molecule has 0 aliphatic heterocycles. The van der Waals surface area contributed by atoms with E-state index >= 15 is 0 Å². The first-order valence-electron chi connectivity index (χ1n) is 6.07. The van der Waals surface area contributed by atoms with Crippen LogP contribution in [0.4, 0.5) is 5.69 Å². The lowest BCUT2D eigenvalue weighted by Gasteiger charge is -2.19. The van der Waals surface area contributed by atoms with E-state index in [1.165, 1.54) is 6.26 Å². The molecular formula is C13H21NO3S. The molecule has 0 heterocycles. The summed E-state index contributed by atoms with van der Waals surface area (Å²) in [4.78, 5) is 2.43. The first kappa shape index (κ1) is 15.0. The Morgan fingerprint density at radius 2 is 1.72 bits per heavy atom. The Hall–Kier alpha value is -1.07. The molecule has 0 saturated carbocycles. The van der Waals surface area contributed by atoms with Gasteiger partial charge in [-0.2, -0.15) is 0 Å². The van der Waals surface area contributed by atoms with E-state index in [1.54, 1.807) is 12.1 Å². The minimum Gasteiger partial charge on any atom is -0.396 e. The summed E-state index contributed by atoms with van der Waals surface area (Å²) in [6.07, 6.45) is 4.06. The second-order valence-electron chi connectivity index (χ2n) is 4.47. The number of aliphatic hydroxyl groups is 1. The molecule has 0 spiro atoms. The van der Waals surface area contributed by atoms with Crippen molar-refractivity contribution >= 4 is 15.5 Å². The SMILES string of the molecule is CN(CCCCCO)c1ccc(S(C)(=O)=O)cc1. The zero-order chi connectivity index (χ0) is 13.6. The maximum absolute atomic E-state index is 11.3. The molecule has 0 atom stereocenters. The summed E-state index contributed by atoms with van der Waals surface area (Å²) >= 11 is 0. The highest BCUT2D eigenvalue weighted by Crippen LogP contribution is 2.17. The number of anilines is 1. The van der Waals surface area contributed by atoms with E-state index in [-0.39, 0.29) is 6.61 Å². The summed E-state index contributed by atoms with van der Waals surface area (Å²) in [7, 11) is -1.14. The number of hydrogen-bond acceptors (Lipinski definition) is 4. The van der Waals surface area contributed by atoms with Gasteiger partial charge in [0.2, 0.25) is 0 Å². The molecule has 1 aromatic carbocycles. The maximum atomic E-state index is 11.3. The molecule has 0 radical (unpaired) electrons. The Balaban J connectivity index is 2.57. The predicted octanol–water partition coefficient (Wildman–Crippen LogP) is 1.69. The molecule has 0 aliphatic rings. The smallest absolute Gasteiger partial charge is 0.175 e. The van der Waals surface area contributed by atoms with Crippen molar-refractivity contribution in [3.63, 3.8) is 0 Å². The third-order valence-corrected chi connectivity index (χ3v) is 3.99. The van der Waals surface area contributed by atoms with Gasteiger partial charge in [-0.1, -0.05) is 0 Å². The van der Waals surface area contributed by atoms with Gasteiger partial charge in [-0.15, -0.1) is 0 Å². The molecule has 0 amide bonds. The third kappa shape index (κ3) is 4.66. The summed E-state index contributed by atoms with van der Waals surface area (Å²) in [5.41, 5.74) is 1.01. The van der Waals surface area contributed by atoms with E-state index in [0.717, 1.165) is 31.5 Å². The van der Waals surface area contributed by atoms with E-state index in [1.807, 2.05) is 19.2 Å². The summed E-state index contributed by atoms with van der Waals surface area (Å²) < 4.78 is 22.6. The lowest BCUT2D eigenvalue weighted by atomic mass is 10.2. The molecule has 18 heavy (non-hydrogen) atoms. The Labute approximate surface area is 109 Å². The van der Waals surface area contributed by atoms with Crippen LogP contribution in [-0.2, 0) is 9.84 Å². The molecule has 0 saturated heterocycles. The quantitative estimate of drug-likeness (QED) is 0.767. The Bertz CT molecular complexity index is 454. The van der Waals surface area contributed by atoms with Crippen molar-refractivity contribution in [1.82, 2.24) is 0 Å². The standard InChI is InChI=1S/C13H21NO3S/c1-14(10-4-3-5-11-15)12-6-8-13(9-7-12)18(2,16)17/h6-9,15H,3-5,10-11H2,1-2H3. The van der Waals surface area contributed by atoms with Gasteiger partial charge in [0.1, 0.15) is 0 Å². The van der Waals surface area contributed by atoms with Crippen LogP contribution in [0.15, 0.2) is 29.2 Å². The van der Waals surface area contributed by atoms with E-state index in [0.29, 0.717) is 4.90 Å².